The van der Waals surface area contributed by atoms with E-state index in [0.717, 1.165) is 0 Å². The van der Waals surface area contributed by atoms with Gasteiger partial charge in [0.05, 0.1) is 0 Å². The van der Waals surface area contributed by atoms with Gasteiger partial charge < -0.3 is 5.41 Å². The van der Waals surface area contributed by atoms with Gasteiger partial charge in [-0.05, 0) is 31.1 Å². The van der Waals surface area contributed by atoms with Crippen LogP contribution in [-0.2, 0) is 0 Å². The second-order valence-electron chi connectivity index (χ2n) is 2.89. The Kier molecular flexibility index (Phi) is 2.81. The first-order valence-electron chi connectivity index (χ1n) is 3.98. The van der Waals surface area contributed by atoms with Crippen LogP contribution in [0.4, 0.5) is 0 Å². The average Bonchev–Trinajstić information content (AvgIpc) is 2.07. The van der Waals surface area contributed by atoms with Crippen molar-refractivity contribution >= 4 is 12.3 Å². The van der Waals surface area contributed by atoms with Gasteiger partial charge in [0.25, 0.3) is 0 Å². The highest BCUT2D eigenvalue weighted by atomic mass is 14.3. The van der Waals surface area contributed by atoms with Crippen LogP contribution in [0.2, 0.25) is 0 Å². The second kappa shape index (κ2) is 3.86. The number of hydrogen-bond acceptors (Lipinski definition) is 1. The molecule has 0 amide bonds. The molecule has 0 aliphatic carbocycles. The highest BCUT2D eigenvalue weighted by molar-refractivity contribution is 5.76. The molecule has 0 atom stereocenters. The molecule has 1 aromatic carbocycles. The van der Waals surface area contributed by atoms with Crippen LogP contribution in [0.1, 0.15) is 16.7 Å². The zero-order valence-electron chi connectivity index (χ0n) is 7.46. The first kappa shape index (κ1) is 8.72. The fourth-order valence-corrected chi connectivity index (χ4v) is 1.09. The summed E-state index contributed by atoms with van der Waals surface area (Å²) in [7, 11) is 0. The fraction of sp³-hybridized carbons (Fsp3) is 0.182. The van der Waals surface area contributed by atoms with E-state index in [1.165, 1.54) is 22.9 Å². The highest BCUT2D eigenvalue weighted by Crippen LogP contribution is 2.11. The van der Waals surface area contributed by atoms with E-state index in [9.17, 15) is 0 Å². The van der Waals surface area contributed by atoms with Crippen molar-refractivity contribution in [1.29, 1.82) is 5.41 Å². The molecule has 1 rings (SSSR count). The summed E-state index contributed by atoms with van der Waals surface area (Å²) in [6.07, 6.45) is 4.98. The average molecular weight is 159 g/mol. The minimum Gasteiger partial charge on any atom is -0.309 e. The molecule has 12 heavy (non-hydrogen) atoms. The number of rotatable bonds is 2. The Balaban J connectivity index is 3.04. The molecule has 1 N–H and O–H groups in total. The van der Waals surface area contributed by atoms with Crippen LogP contribution in [-0.4, -0.2) is 6.21 Å². The molecule has 0 aliphatic rings. The van der Waals surface area contributed by atoms with Crippen LogP contribution in [0.15, 0.2) is 24.3 Å². The molecule has 0 unspecified atom stereocenters. The quantitative estimate of drug-likeness (QED) is 0.641. The Hall–Kier alpha value is -1.37. The minimum absolute atomic E-state index is 1.19. The summed E-state index contributed by atoms with van der Waals surface area (Å²) < 4.78 is 0. The Labute approximate surface area is 73.3 Å². The molecule has 0 aliphatic heterocycles. The molecule has 0 aromatic heterocycles. The number of benzene rings is 1. The smallest absolute Gasteiger partial charge is 0.0177 e. The van der Waals surface area contributed by atoms with Crippen molar-refractivity contribution < 1.29 is 0 Å². The molecule has 0 fully saturated rings. The van der Waals surface area contributed by atoms with E-state index in [-0.39, 0.29) is 0 Å². The summed E-state index contributed by atoms with van der Waals surface area (Å²) in [6, 6.07) is 6.31. The first-order valence-corrected chi connectivity index (χ1v) is 3.98. The van der Waals surface area contributed by atoms with Crippen molar-refractivity contribution in [2.75, 3.05) is 0 Å². The van der Waals surface area contributed by atoms with E-state index < -0.39 is 0 Å². The van der Waals surface area contributed by atoms with Crippen LogP contribution >= 0.6 is 0 Å². The summed E-state index contributed by atoms with van der Waals surface area (Å²) in [5, 5.41) is 6.86. The van der Waals surface area contributed by atoms with Crippen molar-refractivity contribution in [3.63, 3.8) is 0 Å². The van der Waals surface area contributed by atoms with Crippen LogP contribution in [0.25, 0.3) is 6.08 Å². The maximum absolute atomic E-state index is 6.86. The Morgan fingerprint density at radius 3 is 2.67 bits per heavy atom. The first-order chi connectivity index (χ1) is 5.74. The molecule has 0 bridgehead atoms. The van der Waals surface area contributed by atoms with E-state index in [2.05, 4.69) is 32.0 Å². The van der Waals surface area contributed by atoms with Crippen LogP contribution in [0.3, 0.4) is 0 Å². The van der Waals surface area contributed by atoms with Crippen molar-refractivity contribution in [2.45, 2.75) is 13.8 Å². The van der Waals surface area contributed by atoms with Gasteiger partial charge in [0, 0.05) is 6.21 Å². The molecular formula is C11H13N. The van der Waals surface area contributed by atoms with Crippen LogP contribution < -0.4 is 0 Å². The van der Waals surface area contributed by atoms with Crippen molar-refractivity contribution in [1.82, 2.24) is 0 Å². The van der Waals surface area contributed by atoms with Crippen molar-refractivity contribution in [3.05, 3.63) is 41.0 Å². The van der Waals surface area contributed by atoms with Gasteiger partial charge in [0.2, 0.25) is 0 Å². The van der Waals surface area contributed by atoms with E-state index in [0.29, 0.717) is 0 Å². The van der Waals surface area contributed by atoms with Gasteiger partial charge in [-0.25, -0.2) is 0 Å². The van der Waals surface area contributed by atoms with Crippen LogP contribution in [0.5, 0.6) is 0 Å². The fourth-order valence-electron chi connectivity index (χ4n) is 1.09. The molecule has 0 spiro atoms. The predicted octanol–water partition coefficient (Wildman–Crippen LogP) is 2.97. The van der Waals surface area contributed by atoms with Gasteiger partial charge >= 0.3 is 0 Å². The lowest BCUT2D eigenvalue weighted by Crippen LogP contribution is -1.81. The summed E-state index contributed by atoms with van der Waals surface area (Å²) in [5.41, 5.74) is 3.70. The lowest BCUT2D eigenvalue weighted by molar-refractivity contribution is 1.38. The van der Waals surface area contributed by atoms with Gasteiger partial charge in [-0.15, -0.1) is 0 Å². The van der Waals surface area contributed by atoms with E-state index in [4.69, 9.17) is 5.41 Å². The monoisotopic (exact) mass is 159 g/mol. The van der Waals surface area contributed by atoms with E-state index in [1.54, 1.807) is 6.08 Å². The molecule has 1 nitrogen and oxygen atoms in total. The number of aryl methyl sites for hydroxylation is 2. The summed E-state index contributed by atoms with van der Waals surface area (Å²) in [4.78, 5) is 0. The Morgan fingerprint density at radius 2 is 2.00 bits per heavy atom. The number of allylic oxidation sites excluding steroid dienone is 1. The largest absolute Gasteiger partial charge is 0.309 e. The topological polar surface area (TPSA) is 23.9 Å². The molecule has 1 aromatic rings. The third-order valence-corrected chi connectivity index (χ3v) is 1.81. The maximum atomic E-state index is 6.86. The summed E-state index contributed by atoms with van der Waals surface area (Å²) in [5.74, 6) is 0. The SMILES string of the molecule is Cc1ccc(C)c(/C=C\C=N)c1. The highest BCUT2D eigenvalue weighted by Gasteiger charge is 1.92. The third kappa shape index (κ3) is 2.06. The second-order valence-corrected chi connectivity index (χ2v) is 2.89. The molecule has 62 valence electrons. The Bertz CT molecular complexity index is 311. The molecule has 0 heterocycles. The standard InChI is InChI=1S/C11H13N/c1-9-5-6-10(2)11(8-9)4-3-7-12/h3-8,12H,1-2H3/b4-3-,12-7?. The number of nitrogens with one attached hydrogen (secondary N) is 1. The van der Waals surface area contributed by atoms with Crippen LogP contribution in [0, 0.1) is 19.3 Å². The number of hydrogen-bond donors (Lipinski definition) is 1. The van der Waals surface area contributed by atoms with Crippen molar-refractivity contribution in [3.8, 4) is 0 Å². The van der Waals surface area contributed by atoms with Gasteiger partial charge in [-0.3, -0.25) is 0 Å². The minimum atomic E-state index is 1.19. The Morgan fingerprint density at radius 1 is 1.25 bits per heavy atom. The van der Waals surface area contributed by atoms with E-state index in [1.807, 2.05) is 6.08 Å². The zero-order valence-corrected chi connectivity index (χ0v) is 7.46. The summed E-state index contributed by atoms with van der Waals surface area (Å²) in [6.45, 7) is 4.14. The predicted molar refractivity (Wildman–Crippen MR) is 53.7 cm³/mol. The third-order valence-electron chi connectivity index (χ3n) is 1.81. The maximum Gasteiger partial charge on any atom is 0.0177 e. The van der Waals surface area contributed by atoms with E-state index >= 15 is 0 Å². The van der Waals surface area contributed by atoms with Gasteiger partial charge in [-0.2, -0.15) is 0 Å². The van der Waals surface area contributed by atoms with Gasteiger partial charge in [0.1, 0.15) is 0 Å². The molecular weight excluding hydrogens is 146 g/mol. The lowest BCUT2D eigenvalue weighted by Gasteiger charge is -2.00. The lowest BCUT2D eigenvalue weighted by atomic mass is 10.1. The normalized spacial score (nSPS) is 10.5. The molecule has 0 saturated carbocycles. The molecule has 0 radical (unpaired) electrons. The molecule has 1 heteroatoms. The van der Waals surface area contributed by atoms with Gasteiger partial charge in [-0.1, -0.05) is 29.8 Å². The zero-order chi connectivity index (χ0) is 8.97. The van der Waals surface area contributed by atoms with Crippen molar-refractivity contribution in [2.24, 2.45) is 0 Å². The summed E-state index contributed by atoms with van der Waals surface area (Å²) >= 11 is 0. The molecule has 0 saturated heterocycles. The van der Waals surface area contributed by atoms with Gasteiger partial charge in [0.15, 0.2) is 0 Å².